The van der Waals surface area contributed by atoms with E-state index >= 15 is 0 Å². The summed E-state index contributed by atoms with van der Waals surface area (Å²) in [6, 6.07) is 26.7. The van der Waals surface area contributed by atoms with E-state index in [-0.39, 0.29) is 0 Å². The van der Waals surface area contributed by atoms with Gasteiger partial charge in [-0.2, -0.15) is 0 Å². The largest absolute Gasteiger partial charge is 0.493 e. The molecule has 0 aliphatic carbocycles. The van der Waals surface area contributed by atoms with Gasteiger partial charge < -0.3 is 9.47 Å². The predicted molar refractivity (Wildman–Crippen MR) is 231 cm³/mol. The summed E-state index contributed by atoms with van der Waals surface area (Å²) in [4.78, 5) is 7.37. The van der Waals surface area contributed by atoms with Crippen molar-refractivity contribution >= 4 is 34.0 Å². The molecule has 0 aliphatic rings. The smallest absolute Gasteiger partial charge is 0.128 e. The first-order valence-corrected chi connectivity index (χ1v) is 22.3. The molecule has 0 aliphatic heterocycles. The van der Waals surface area contributed by atoms with Crippen LogP contribution in [0.3, 0.4) is 0 Å². The monoisotopic (exact) mass is 750 g/mol. The zero-order valence-electron chi connectivity index (χ0n) is 32.0. The van der Waals surface area contributed by atoms with Crippen molar-refractivity contribution in [1.29, 1.82) is 0 Å². The van der Waals surface area contributed by atoms with Crippen LogP contribution in [0.15, 0.2) is 72.8 Å². The Morgan fingerprint density at radius 1 is 0.500 bits per heavy atom. The third kappa shape index (κ3) is 12.1. The zero-order valence-corrected chi connectivity index (χ0v) is 34.4. The fraction of sp³-hybridized carbons (Fsp3) is 0.447. The maximum absolute atomic E-state index is 6.67. The van der Waals surface area contributed by atoms with Crippen LogP contribution in [-0.4, -0.2) is 13.2 Å². The van der Waals surface area contributed by atoms with Gasteiger partial charge in [0.2, 0.25) is 0 Å². The fourth-order valence-electron chi connectivity index (χ4n) is 6.34. The highest BCUT2D eigenvalue weighted by molar-refractivity contribution is 7.24. The molecule has 5 heteroatoms. The molecule has 0 amide bonds. The van der Waals surface area contributed by atoms with Gasteiger partial charge in [0, 0.05) is 41.9 Å². The zero-order chi connectivity index (χ0) is 36.4. The normalized spacial score (nSPS) is 11.1. The van der Waals surface area contributed by atoms with Gasteiger partial charge in [0.05, 0.1) is 18.1 Å². The molecule has 5 rings (SSSR count). The molecule has 3 aromatic heterocycles. The number of unbranched alkanes of at least 4 members (excludes halogenated alkanes) is 12. The lowest BCUT2D eigenvalue weighted by Crippen LogP contribution is -2.02. The average Bonchev–Trinajstić information content (AvgIpc) is 3.95. The number of hydrogen-bond donors (Lipinski definition) is 0. The third-order valence-electron chi connectivity index (χ3n) is 9.35. The summed E-state index contributed by atoms with van der Waals surface area (Å²) in [6.07, 6.45) is 18.2. The van der Waals surface area contributed by atoms with E-state index in [9.17, 15) is 0 Å². The second-order valence-electron chi connectivity index (χ2n) is 13.8. The molecule has 0 spiro atoms. The maximum atomic E-state index is 6.67. The molecular formula is C47H58O2S3. The van der Waals surface area contributed by atoms with Crippen LogP contribution in [0.5, 0.6) is 11.5 Å². The summed E-state index contributed by atoms with van der Waals surface area (Å²) < 4.78 is 13.3. The molecule has 0 fully saturated rings. The van der Waals surface area contributed by atoms with E-state index in [0.717, 1.165) is 46.8 Å². The van der Waals surface area contributed by atoms with Crippen molar-refractivity contribution in [2.45, 2.75) is 124 Å². The lowest BCUT2D eigenvalue weighted by molar-refractivity contribution is 0.299. The Morgan fingerprint density at radius 2 is 1.02 bits per heavy atom. The number of thiophene rings is 3. The Hall–Kier alpha value is -3.30. The molecule has 0 unspecified atom stereocenters. The molecule has 0 bridgehead atoms. The van der Waals surface area contributed by atoms with Crippen LogP contribution < -0.4 is 9.47 Å². The molecule has 5 aromatic rings. The Morgan fingerprint density at radius 3 is 1.65 bits per heavy atom. The number of hydrogen-bond acceptors (Lipinski definition) is 5. The van der Waals surface area contributed by atoms with Crippen LogP contribution in [0.2, 0.25) is 0 Å². The summed E-state index contributed by atoms with van der Waals surface area (Å²) in [7, 11) is 0. The van der Waals surface area contributed by atoms with E-state index in [2.05, 4.69) is 112 Å². The van der Waals surface area contributed by atoms with Crippen molar-refractivity contribution in [3.8, 4) is 64.4 Å². The predicted octanol–water partition coefficient (Wildman–Crippen LogP) is 15.9. The van der Waals surface area contributed by atoms with Gasteiger partial charge in [0.1, 0.15) is 11.5 Å². The second kappa shape index (κ2) is 22.0. The molecule has 0 radical (unpaired) electrons. The molecule has 2 nitrogen and oxygen atoms in total. The number of benzene rings is 2. The van der Waals surface area contributed by atoms with E-state index < -0.39 is 0 Å². The van der Waals surface area contributed by atoms with E-state index in [4.69, 9.17) is 9.47 Å². The first kappa shape index (κ1) is 39.9. The van der Waals surface area contributed by atoms with Crippen molar-refractivity contribution in [3.05, 3.63) is 83.2 Å². The Bertz CT molecular complexity index is 1850. The molecule has 0 saturated carbocycles. The van der Waals surface area contributed by atoms with Gasteiger partial charge in [-0.05, 0) is 80.3 Å². The lowest BCUT2D eigenvalue weighted by Gasteiger charge is -2.17. The molecule has 52 heavy (non-hydrogen) atoms. The van der Waals surface area contributed by atoms with Gasteiger partial charge in [-0.25, -0.2) is 0 Å². The molecular weight excluding hydrogens is 693 g/mol. The number of ether oxygens (including phenoxy) is 2. The highest BCUT2D eigenvalue weighted by Crippen LogP contribution is 2.47. The van der Waals surface area contributed by atoms with Crippen molar-refractivity contribution in [2.24, 2.45) is 0 Å². The summed E-state index contributed by atoms with van der Waals surface area (Å²) in [5, 5.41) is 0. The molecule has 2 aromatic carbocycles. The lowest BCUT2D eigenvalue weighted by atomic mass is 10.1. The summed E-state index contributed by atoms with van der Waals surface area (Å²) in [6.45, 7) is 10.4. The van der Waals surface area contributed by atoms with Gasteiger partial charge in [-0.3, -0.25) is 0 Å². The quantitative estimate of drug-likeness (QED) is 0.0518. The molecule has 0 N–H and O–H groups in total. The second-order valence-corrected chi connectivity index (χ2v) is 17.1. The Labute approximate surface area is 326 Å². The van der Waals surface area contributed by atoms with Gasteiger partial charge in [-0.15, -0.1) is 34.0 Å². The SMILES string of the molecule is CCCCCCCCC#Cc1ccc(-c2ccc(-c3cc(OCCCCCC)c(-c4ccc(-c5cccc(C)c5)s4)cc3OCCCCCC)s2)s1. The highest BCUT2D eigenvalue weighted by atomic mass is 32.1. The van der Waals surface area contributed by atoms with Crippen molar-refractivity contribution < 1.29 is 9.47 Å². The minimum Gasteiger partial charge on any atom is -0.493 e. The van der Waals surface area contributed by atoms with Crippen molar-refractivity contribution in [3.63, 3.8) is 0 Å². The first-order chi connectivity index (χ1) is 25.6. The first-order valence-electron chi connectivity index (χ1n) is 19.9. The van der Waals surface area contributed by atoms with E-state index in [1.807, 2.05) is 22.7 Å². The molecule has 3 heterocycles. The highest BCUT2D eigenvalue weighted by Gasteiger charge is 2.19. The van der Waals surface area contributed by atoms with Crippen LogP contribution in [0.1, 0.15) is 128 Å². The fourth-order valence-corrected chi connectivity index (χ4v) is 9.36. The van der Waals surface area contributed by atoms with Crippen LogP contribution in [-0.2, 0) is 0 Å². The van der Waals surface area contributed by atoms with Crippen LogP contribution in [0, 0.1) is 18.8 Å². The third-order valence-corrected chi connectivity index (χ3v) is 12.8. The Balaban J connectivity index is 1.42. The van der Waals surface area contributed by atoms with E-state index in [0.29, 0.717) is 13.2 Å². The summed E-state index contributed by atoms with van der Waals surface area (Å²) in [5.41, 5.74) is 4.77. The number of aryl methyl sites for hydroxylation is 1. The van der Waals surface area contributed by atoms with Crippen LogP contribution >= 0.6 is 34.0 Å². The maximum Gasteiger partial charge on any atom is 0.128 e. The Kier molecular flexibility index (Phi) is 16.9. The topological polar surface area (TPSA) is 18.5 Å². The molecule has 0 saturated heterocycles. The van der Waals surface area contributed by atoms with Crippen LogP contribution in [0.25, 0.3) is 41.1 Å². The van der Waals surface area contributed by atoms with Gasteiger partial charge in [0.25, 0.3) is 0 Å². The van der Waals surface area contributed by atoms with E-state index in [1.54, 1.807) is 11.3 Å². The van der Waals surface area contributed by atoms with Crippen molar-refractivity contribution in [1.82, 2.24) is 0 Å². The summed E-state index contributed by atoms with van der Waals surface area (Å²) in [5.74, 6) is 8.75. The minimum atomic E-state index is 0.715. The van der Waals surface area contributed by atoms with Crippen LogP contribution in [0.4, 0.5) is 0 Å². The minimum absolute atomic E-state index is 0.715. The molecule has 276 valence electrons. The van der Waals surface area contributed by atoms with E-state index in [1.165, 1.54) is 113 Å². The molecule has 0 atom stereocenters. The standard InChI is InChI=1S/C47H58O2S3/c1-5-8-11-14-15-16-17-18-24-38-25-26-46(50-38)47-30-29-45(52-47)40-35-41(48-31-19-12-9-6-2)39(34-42(40)49-32-20-13-10-7-3)44-28-27-43(51-44)37-23-21-22-36(4)33-37/h21-23,25-30,33-35H,5-17,19-20,31-32H2,1-4H3. The van der Waals surface area contributed by atoms with Gasteiger partial charge >= 0.3 is 0 Å². The van der Waals surface area contributed by atoms with Gasteiger partial charge in [-0.1, -0.05) is 133 Å². The van der Waals surface area contributed by atoms with Gasteiger partial charge in [0.15, 0.2) is 0 Å². The van der Waals surface area contributed by atoms with Crippen molar-refractivity contribution in [2.75, 3.05) is 13.2 Å². The number of rotatable bonds is 22. The average molecular weight is 751 g/mol. The summed E-state index contributed by atoms with van der Waals surface area (Å²) >= 11 is 5.46.